The normalized spacial score (nSPS) is 23.3. The van der Waals surface area contributed by atoms with Crippen LogP contribution in [0, 0.1) is 0 Å². The van der Waals surface area contributed by atoms with Crippen molar-refractivity contribution in [2.75, 3.05) is 45.6 Å². The number of morpholine rings is 1. The van der Waals surface area contributed by atoms with Gasteiger partial charge >= 0.3 is 5.97 Å². The van der Waals surface area contributed by atoms with Crippen molar-refractivity contribution >= 4 is 23.6 Å². The van der Waals surface area contributed by atoms with Gasteiger partial charge in [-0.05, 0) is 18.7 Å². The van der Waals surface area contributed by atoms with E-state index in [2.05, 4.69) is 6.07 Å². The lowest BCUT2D eigenvalue weighted by Gasteiger charge is -2.35. The molecule has 2 aliphatic heterocycles. The maximum absolute atomic E-state index is 12.9. The first-order valence-corrected chi connectivity index (χ1v) is 9.05. The summed E-state index contributed by atoms with van der Waals surface area (Å²) in [5, 5.41) is 8.84. The third-order valence-electron chi connectivity index (χ3n) is 4.37. The van der Waals surface area contributed by atoms with Gasteiger partial charge in [0.05, 0.1) is 25.2 Å². The molecule has 2 atom stereocenters. The van der Waals surface area contributed by atoms with Gasteiger partial charge in [0.15, 0.2) is 0 Å². The van der Waals surface area contributed by atoms with E-state index in [1.807, 2.05) is 23.1 Å². The molecule has 0 saturated carbocycles. The third kappa shape index (κ3) is 3.91. The molecule has 6 nitrogen and oxygen atoms in total. The van der Waals surface area contributed by atoms with Crippen LogP contribution in [0.2, 0.25) is 0 Å². The number of aliphatic carboxylic acids is 1. The molecule has 0 radical (unpaired) electrons. The first kappa shape index (κ1) is 17.3. The quantitative estimate of drug-likeness (QED) is 0.858. The van der Waals surface area contributed by atoms with Crippen LogP contribution in [-0.2, 0) is 14.3 Å². The monoisotopic (exact) mass is 350 g/mol. The largest absolute Gasteiger partial charge is 0.480 e. The van der Waals surface area contributed by atoms with Crippen molar-refractivity contribution in [2.24, 2.45) is 0 Å². The minimum atomic E-state index is -0.860. The van der Waals surface area contributed by atoms with E-state index in [0.717, 1.165) is 11.3 Å². The molecule has 0 bridgehead atoms. The number of carboxylic acids is 1. The van der Waals surface area contributed by atoms with E-state index < -0.39 is 5.97 Å². The summed E-state index contributed by atoms with van der Waals surface area (Å²) in [6, 6.07) is 8.09. The summed E-state index contributed by atoms with van der Waals surface area (Å²) in [5.74, 6) is 0.00299. The van der Waals surface area contributed by atoms with E-state index in [1.165, 1.54) is 4.90 Å². The summed E-state index contributed by atoms with van der Waals surface area (Å²) >= 11 is 1.73. The number of carboxylic acid groups (broad SMARTS) is 1. The molecule has 0 spiro atoms. The van der Waals surface area contributed by atoms with Crippen LogP contribution in [0.3, 0.4) is 0 Å². The molecule has 1 fully saturated rings. The maximum atomic E-state index is 12.9. The number of rotatable bonds is 5. The second-order valence-corrected chi connectivity index (χ2v) is 7.33. The van der Waals surface area contributed by atoms with Crippen molar-refractivity contribution < 1.29 is 19.4 Å². The Morgan fingerprint density at radius 2 is 2.21 bits per heavy atom. The van der Waals surface area contributed by atoms with Crippen molar-refractivity contribution in [1.82, 2.24) is 9.80 Å². The summed E-state index contributed by atoms with van der Waals surface area (Å²) in [6.07, 6.45) is -0.142. The molecule has 2 aliphatic rings. The molecule has 2 heterocycles. The second kappa shape index (κ2) is 7.55. The molecule has 1 aromatic carbocycles. The van der Waals surface area contributed by atoms with Gasteiger partial charge in [0.1, 0.15) is 0 Å². The molecular weight excluding hydrogens is 328 g/mol. The van der Waals surface area contributed by atoms with Gasteiger partial charge in [0, 0.05) is 30.3 Å². The number of carbonyl (C=O) groups excluding carboxylic acids is 1. The maximum Gasteiger partial charge on any atom is 0.317 e. The fourth-order valence-corrected chi connectivity index (χ4v) is 4.48. The van der Waals surface area contributed by atoms with E-state index in [9.17, 15) is 9.59 Å². The summed E-state index contributed by atoms with van der Waals surface area (Å²) in [6.45, 7) is 2.10. The van der Waals surface area contributed by atoms with E-state index in [1.54, 1.807) is 23.7 Å². The molecule has 0 unspecified atom stereocenters. The number of fused-ring (bicyclic) bond motifs is 1. The van der Waals surface area contributed by atoms with Crippen LogP contribution < -0.4 is 0 Å². The van der Waals surface area contributed by atoms with Gasteiger partial charge in [-0.2, -0.15) is 0 Å². The number of ether oxygens (including phenoxy) is 1. The summed E-state index contributed by atoms with van der Waals surface area (Å²) in [5.41, 5.74) is 1.12. The molecule has 1 saturated heterocycles. The molecule has 7 heteroatoms. The third-order valence-corrected chi connectivity index (χ3v) is 5.55. The van der Waals surface area contributed by atoms with Gasteiger partial charge in [0.25, 0.3) is 0 Å². The van der Waals surface area contributed by atoms with Crippen LogP contribution in [-0.4, -0.2) is 78.5 Å². The van der Waals surface area contributed by atoms with Gasteiger partial charge in [-0.3, -0.25) is 14.5 Å². The van der Waals surface area contributed by atoms with Crippen LogP contribution in [0.25, 0.3) is 0 Å². The molecule has 1 N–H and O–H groups in total. The van der Waals surface area contributed by atoms with Gasteiger partial charge in [-0.15, -0.1) is 11.8 Å². The minimum absolute atomic E-state index is 0.0273. The molecule has 3 rings (SSSR count). The highest BCUT2D eigenvalue weighted by molar-refractivity contribution is 7.99. The molecule has 0 aromatic heterocycles. The zero-order valence-corrected chi connectivity index (χ0v) is 14.5. The summed E-state index contributed by atoms with van der Waals surface area (Å²) < 4.78 is 5.71. The Kier molecular flexibility index (Phi) is 5.43. The molecule has 1 amide bonds. The van der Waals surface area contributed by atoms with E-state index in [0.29, 0.717) is 26.2 Å². The number of carbonyl (C=O) groups is 2. The van der Waals surface area contributed by atoms with E-state index in [-0.39, 0.29) is 24.5 Å². The van der Waals surface area contributed by atoms with Gasteiger partial charge in [0.2, 0.25) is 5.91 Å². The smallest absolute Gasteiger partial charge is 0.317 e. The number of nitrogens with zero attached hydrogens (tertiary/aromatic N) is 2. The Hall–Kier alpha value is -1.57. The van der Waals surface area contributed by atoms with E-state index in [4.69, 9.17) is 9.84 Å². The highest BCUT2D eigenvalue weighted by atomic mass is 32.2. The molecular formula is C17H22N2O4S. The minimum Gasteiger partial charge on any atom is -0.480 e. The van der Waals surface area contributed by atoms with Crippen LogP contribution in [0.15, 0.2) is 29.2 Å². The van der Waals surface area contributed by atoms with Crippen LogP contribution in [0.5, 0.6) is 0 Å². The van der Waals surface area contributed by atoms with Crippen molar-refractivity contribution in [2.45, 2.75) is 16.9 Å². The molecule has 130 valence electrons. The average Bonchev–Trinajstić information content (AvgIpc) is 2.97. The lowest BCUT2D eigenvalue weighted by atomic mass is 9.99. The lowest BCUT2D eigenvalue weighted by molar-refractivity contribution is -0.143. The highest BCUT2D eigenvalue weighted by Gasteiger charge is 2.34. The summed E-state index contributed by atoms with van der Waals surface area (Å²) in [4.78, 5) is 28.5. The Balaban J connectivity index is 1.61. The zero-order valence-electron chi connectivity index (χ0n) is 13.7. The van der Waals surface area contributed by atoms with Crippen molar-refractivity contribution in [3.63, 3.8) is 0 Å². The van der Waals surface area contributed by atoms with Crippen molar-refractivity contribution in [1.29, 1.82) is 0 Å². The average molecular weight is 350 g/mol. The van der Waals surface area contributed by atoms with Crippen LogP contribution in [0.1, 0.15) is 11.5 Å². The first-order chi connectivity index (χ1) is 11.5. The fourth-order valence-electron chi connectivity index (χ4n) is 3.26. The van der Waals surface area contributed by atoms with Gasteiger partial charge in [-0.1, -0.05) is 18.2 Å². The second-order valence-electron chi connectivity index (χ2n) is 6.27. The van der Waals surface area contributed by atoms with Crippen LogP contribution >= 0.6 is 11.8 Å². The van der Waals surface area contributed by atoms with Gasteiger partial charge in [-0.25, -0.2) is 0 Å². The molecule has 1 aromatic rings. The van der Waals surface area contributed by atoms with E-state index >= 15 is 0 Å². The van der Waals surface area contributed by atoms with Crippen molar-refractivity contribution in [3.05, 3.63) is 29.8 Å². The predicted molar refractivity (Wildman–Crippen MR) is 91.4 cm³/mol. The zero-order chi connectivity index (χ0) is 17.1. The predicted octanol–water partition coefficient (Wildman–Crippen LogP) is 1.12. The standard InChI is InChI=1S/C17H22N2O4S/c1-18(10-16(20)21)8-12-9-19(6-7-23-12)17(22)14-11-24-15-5-3-2-4-13(14)15/h2-5,12,14H,6-11H2,1H3,(H,20,21)/t12-,14+/m0/s1. The number of hydrogen-bond donors (Lipinski definition) is 1. The Bertz CT molecular complexity index is 624. The molecule has 24 heavy (non-hydrogen) atoms. The Morgan fingerprint density at radius 3 is 3.00 bits per heavy atom. The fraction of sp³-hybridized carbons (Fsp3) is 0.529. The Morgan fingerprint density at radius 1 is 1.42 bits per heavy atom. The number of likely N-dealkylation sites (N-methyl/N-ethyl adjacent to an activating group) is 1. The SMILES string of the molecule is CN(CC(=O)O)C[C@H]1CN(C(=O)[C@@H]2CSc3ccccc32)CCO1. The number of benzene rings is 1. The lowest BCUT2D eigenvalue weighted by Crippen LogP contribution is -2.50. The number of thioether (sulfide) groups is 1. The van der Waals surface area contributed by atoms with Crippen LogP contribution in [0.4, 0.5) is 0 Å². The topological polar surface area (TPSA) is 70.1 Å². The number of amides is 1. The first-order valence-electron chi connectivity index (χ1n) is 8.07. The summed E-state index contributed by atoms with van der Waals surface area (Å²) in [7, 11) is 1.75. The highest BCUT2D eigenvalue weighted by Crippen LogP contribution is 2.40. The number of hydrogen-bond acceptors (Lipinski definition) is 5. The Labute approximate surface area is 145 Å². The van der Waals surface area contributed by atoms with Crippen molar-refractivity contribution in [3.8, 4) is 0 Å². The molecule has 0 aliphatic carbocycles. The van der Waals surface area contributed by atoms with Gasteiger partial charge < -0.3 is 14.7 Å².